The molecule has 2 aromatic carbocycles. The quantitative estimate of drug-likeness (QED) is 0.503. The molecule has 2 aromatic rings. The lowest BCUT2D eigenvalue weighted by Crippen LogP contribution is -2.41. The minimum atomic E-state index is -3.85. The van der Waals surface area contributed by atoms with E-state index in [1.54, 1.807) is 24.3 Å². The molecule has 0 aromatic heterocycles. The Bertz CT molecular complexity index is 1160. The van der Waals surface area contributed by atoms with E-state index >= 15 is 0 Å². The van der Waals surface area contributed by atoms with Crippen LogP contribution in [0.5, 0.6) is 0 Å². The van der Waals surface area contributed by atoms with Gasteiger partial charge in [-0.1, -0.05) is 24.3 Å². The van der Waals surface area contributed by atoms with Crippen LogP contribution in [0.4, 0.5) is 4.39 Å². The summed E-state index contributed by atoms with van der Waals surface area (Å²) in [6.07, 6.45) is -0.116. The largest absolute Gasteiger partial charge is 0.379 e. The van der Waals surface area contributed by atoms with E-state index in [4.69, 9.17) is 4.74 Å². The van der Waals surface area contributed by atoms with Crippen molar-refractivity contribution >= 4 is 26.0 Å². The Morgan fingerprint density at radius 2 is 1.61 bits per heavy atom. The number of carbonyl (C=O) groups is 1. The Morgan fingerprint density at radius 1 is 0.970 bits per heavy atom. The number of carbonyl (C=O) groups excluding carboxylic acids is 1. The summed E-state index contributed by atoms with van der Waals surface area (Å²) in [5.74, 6) is -1.13. The van der Waals surface area contributed by atoms with Gasteiger partial charge in [0.05, 0.1) is 23.9 Å². The number of nitrogens with zero attached hydrogens (tertiary/aromatic N) is 1. The van der Waals surface area contributed by atoms with Gasteiger partial charge in [-0.3, -0.25) is 4.79 Å². The van der Waals surface area contributed by atoms with Gasteiger partial charge in [-0.2, -0.15) is 4.31 Å². The van der Waals surface area contributed by atoms with Crippen LogP contribution in [0.3, 0.4) is 0 Å². The molecule has 0 spiro atoms. The smallest absolute Gasteiger partial charge is 0.240 e. The lowest BCUT2D eigenvalue weighted by atomic mass is 10.1. The maximum atomic E-state index is 13.0. The van der Waals surface area contributed by atoms with Crippen molar-refractivity contribution in [3.8, 4) is 0 Å². The molecule has 2 N–H and O–H groups in total. The van der Waals surface area contributed by atoms with Crippen molar-refractivity contribution in [3.05, 3.63) is 65.5 Å². The number of halogens is 1. The second kappa shape index (κ2) is 11.2. The normalized spacial score (nSPS) is 15.3. The van der Waals surface area contributed by atoms with E-state index in [1.807, 2.05) is 0 Å². The van der Waals surface area contributed by atoms with Gasteiger partial charge in [-0.05, 0) is 35.4 Å². The first kappa shape index (κ1) is 25.2. The van der Waals surface area contributed by atoms with E-state index in [-0.39, 0.29) is 30.2 Å². The van der Waals surface area contributed by atoms with Crippen LogP contribution in [0.15, 0.2) is 53.4 Å². The van der Waals surface area contributed by atoms with E-state index in [0.717, 1.165) is 24.3 Å². The Morgan fingerprint density at radius 3 is 2.27 bits per heavy atom. The summed E-state index contributed by atoms with van der Waals surface area (Å²) in [5.41, 5.74) is 1.25. The van der Waals surface area contributed by atoms with E-state index in [2.05, 4.69) is 10.0 Å². The second-order valence-electron chi connectivity index (χ2n) is 7.41. The first-order chi connectivity index (χ1) is 15.7. The van der Waals surface area contributed by atoms with Crippen molar-refractivity contribution in [1.29, 1.82) is 0 Å². The molecule has 12 heteroatoms. The molecule has 1 amide bonds. The minimum Gasteiger partial charge on any atom is -0.379 e. The SMILES string of the molecule is O=C(CCNS(=O)(=O)c1ccc(F)cc1)NCc1ccccc1CS(=O)(=O)N1CCOCC1. The van der Waals surface area contributed by atoms with Crippen LogP contribution in [0.1, 0.15) is 17.5 Å². The number of sulfonamides is 2. The van der Waals surface area contributed by atoms with Crippen LogP contribution < -0.4 is 10.0 Å². The van der Waals surface area contributed by atoms with E-state index in [9.17, 15) is 26.0 Å². The average molecular weight is 500 g/mol. The molecule has 0 radical (unpaired) electrons. The molecule has 3 rings (SSSR count). The molecular formula is C21H26FN3O6S2. The maximum absolute atomic E-state index is 13.0. The van der Waals surface area contributed by atoms with E-state index < -0.39 is 31.8 Å². The van der Waals surface area contributed by atoms with Crippen molar-refractivity contribution in [3.63, 3.8) is 0 Å². The van der Waals surface area contributed by atoms with Crippen molar-refractivity contribution in [2.45, 2.75) is 23.6 Å². The van der Waals surface area contributed by atoms with Crippen molar-refractivity contribution in [2.24, 2.45) is 0 Å². The van der Waals surface area contributed by atoms with Gasteiger partial charge < -0.3 is 10.1 Å². The van der Waals surface area contributed by atoms with Crippen LogP contribution >= 0.6 is 0 Å². The zero-order chi connectivity index (χ0) is 23.9. The van der Waals surface area contributed by atoms with Gasteiger partial charge >= 0.3 is 0 Å². The number of benzene rings is 2. The highest BCUT2D eigenvalue weighted by atomic mass is 32.2. The topological polar surface area (TPSA) is 122 Å². The Kier molecular flexibility index (Phi) is 8.54. The number of rotatable bonds is 10. The van der Waals surface area contributed by atoms with Crippen molar-refractivity contribution in [2.75, 3.05) is 32.8 Å². The number of hydrogen-bond donors (Lipinski definition) is 2. The summed E-state index contributed by atoms with van der Waals surface area (Å²) in [5, 5.41) is 2.69. The standard InChI is InChI=1S/C21H26FN3O6S2/c22-19-5-7-20(8-6-19)33(29,30)24-10-9-21(26)23-15-17-3-1-2-4-18(17)16-32(27,28)25-11-13-31-14-12-25/h1-8,24H,9-16H2,(H,23,26). The minimum absolute atomic E-state index is 0.0975. The molecule has 0 aliphatic carbocycles. The molecule has 0 saturated carbocycles. The molecule has 1 aliphatic rings. The molecule has 1 saturated heterocycles. The number of amides is 1. The molecule has 180 valence electrons. The van der Waals surface area contributed by atoms with Crippen LogP contribution in [-0.2, 0) is 41.9 Å². The van der Waals surface area contributed by atoms with Gasteiger partial charge in [-0.25, -0.2) is 25.9 Å². The Labute approximate surface area is 193 Å². The van der Waals surface area contributed by atoms with Gasteiger partial charge in [0.2, 0.25) is 26.0 Å². The average Bonchev–Trinajstić information content (AvgIpc) is 2.79. The van der Waals surface area contributed by atoms with E-state index in [1.165, 1.54) is 4.31 Å². The van der Waals surface area contributed by atoms with Crippen LogP contribution in [0.2, 0.25) is 0 Å². The number of morpholine rings is 1. The summed E-state index contributed by atoms with van der Waals surface area (Å²) < 4.78 is 71.6. The van der Waals surface area contributed by atoms with Crippen molar-refractivity contribution < 1.29 is 30.8 Å². The summed E-state index contributed by atoms with van der Waals surface area (Å²) in [4.78, 5) is 12.1. The third-order valence-corrected chi connectivity index (χ3v) is 8.37. The van der Waals surface area contributed by atoms with E-state index in [0.29, 0.717) is 37.4 Å². The first-order valence-electron chi connectivity index (χ1n) is 10.3. The molecular weight excluding hydrogens is 473 g/mol. The fourth-order valence-corrected chi connectivity index (χ4v) is 5.86. The third-order valence-electron chi connectivity index (χ3n) is 5.06. The van der Waals surface area contributed by atoms with Crippen LogP contribution in [0, 0.1) is 5.82 Å². The molecule has 0 unspecified atom stereocenters. The zero-order valence-corrected chi connectivity index (χ0v) is 19.5. The molecule has 1 fully saturated rings. The van der Waals surface area contributed by atoms with Crippen molar-refractivity contribution in [1.82, 2.24) is 14.3 Å². The highest BCUT2D eigenvalue weighted by Gasteiger charge is 2.25. The summed E-state index contributed by atoms with van der Waals surface area (Å²) in [6, 6.07) is 11.3. The predicted molar refractivity (Wildman–Crippen MR) is 120 cm³/mol. The third kappa shape index (κ3) is 7.30. The van der Waals surface area contributed by atoms with Gasteiger partial charge in [0, 0.05) is 32.6 Å². The zero-order valence-electron chi connectivity index (χ0n) is 17.9. The number of hydrogen-bond acceptors (Lipinski definition) is 6. The maximum Gasteiger partial charge on any atom is 0.240 e. The summed E-state index contributed by atoms with van der Waals surface area (Å²) >= 11 is 0. The molecule has 1 heterocycles. The Hall–Kier alpha value is -2.38. The highest BCUT2D eigenvalue weighted by Crippen LogP contribution is 2.17. The summed E-state index contributed by atoms with van der Waals surface area (Å²) in [7, 11) is -7.37. The number of nitrogens with one attached hydrogen (secondary N) is 2. The van der Waals surface area contributed by atoms with Gasteiger partial charge in [0.1, 0.15) is 5.82 Å². The first-order valence-corrected chi connectivity index (χ1v) is 13.4. The fourth-order valence-electron chi connectivity index (χ4n) is 3.26. The van der Waals surface area contributed by atoms with Gasteiger partial charge in [0.15, 0.2) is 0 Å². The van der Waals surface area contributed by atoms with Crippen LogP contribution in [0.25, 0.3) is 0 Å². The lowest BCUT2D eigenvalue weighted by molar-refractivity contribution is -0.121. The molecule has 9 nitrogen and oxygen atoms in total. The van der Waals surface area contributed by atoms with Gasteiger partial charge in [-0.15, -0.1) is 0 Å². The molecule has 0 bridgehead atoms. The number of ether oxygens (including phenoxy) is 1. The fraction of sp³-hybridized carbons (Fsp3) is 0.381. The lowest BCUT2D eigenvalue weighted by Gasteiger charge is -2.26. The molecule has 1 aliphatic heterocycles. The second-order valence-corrected chi connectivity index (χ2v) is 11.2. The predicted octanol–water partition coefficient (Wildman–Crippen LogP) is 0.973. The summed E-state index contributed by atoms with van der Waals surface area (Å²) in [6.45, 7) is 1.32. The molecule has 0 atom stereocenters. The van der Waals surface area contributed by atoms with Crippen LogP contribution in [-0.4, -0.2) is 59.9 Å². The monoisotopic (exact) mass is 499 g/mol. The molecule has 33 heavy (non-hydrogen) atoms. The Balaban J connectivity index is 1.51. The van der Waals surface area contributed by atoms with Gasteiger partial charge in [0.25, 0.3) is 0 Å². The highest BCUT2D eigenvalue weighted by molar-refractivity contribution is 7.89.